The van der Waals surface area contributed by atoms with E-state index in [4.69, 9.17) is 21.1 Å². The first-order valence-electron chi connectivity index (χ1n) is 7.31. The number of amides is 1. The third-order valence-electron chi connectivity index (χ3n) is 3.38. The number of non-ortho nitro benzene ring substituents is 1. The summed E-state index contributed by atoms with van der Waals surface area (Å²) in [5.41, 5.74) is -1.02. The number of hydrogen-bond acceptors (Lipinski definition) is 5. The molecule has 0 fully saturated rings. The number of benzene rings is 2. The number of hydrogen-bond donors (Lipinski definition) is 1. The lowest BCUT2D eigenvalue weighted by atomic mass is 10.1. The Morgan fingerprint density at radius 3 is 2.40 bits per heavy atom. The molecule has 0 saturated heterocycles. The minimum atomic E-state index is -1.19. The first-order chi connectivity index (χ1) is 11.7. The number of carbonyl (C=O) groups excluding carboxylic acids is 1. The molecule has 0 aliphatic rings. The summed E-state index contributed by atoms with van der Waals surface area (Å²) in [4.78, 5) is 22.8. The van der Waals surface area contributed by atoms with Crippen molar-refractivity contribution in [3.05, 3.63) is 57.6 Å². The number of rotatable bonds is 6. The molecule has 8 heteroatoms. The van der Waals surface area contributed by atoms with Gasteiger partial charge in [0.15, 0.2) is 5.60 Å². The molecule has 0 atom stereocenters. The van der Waals surface area contributed by atoms with Gasteiger partial charge in [-0.15, -0.1) is 0 Å². The van der Waals surface area contributed by atoms with Crippen LogP contribution >= 0.6 is 11.6 Å². The molecule has 7 nitrogen and oxygen atoms in total. The van der Waals surface area contributed by atoms with Crippen LogP contribution in [0.3, 0.4) is 0 Å². The number of anilines is 1. The Hall–Kier alpha value is -2.80. The summed E-state index contributed by atoms with van der Waals surface area (Å²) in [7, 11) is 1.37. The highest BCUT2D eigenvalue weighted by Gasteiger charge is 2.31. The van der Waals surface area contributed by atoms with Crippen LogP contribution in [0.4, 0.5) is 11.4 Å². The molecule has 0 aliphatic carbocycles. The minimum Gasteiger partial charge on any atom is -0.494 e. The van der Waals surface area contributed by atoms with Crippen LogP contribution in [0, 0.1) is 10.1 Å². The lowest BCUT2D eigenvalue weighted by Crippen LogP contribution is -2.42. The number of methoxy groups -OCH3 is 1. The van der Waals surface area contributed by atoms with E-state index in [1.54, 1.807) is 38.1 Å². The molecule has 0 heterocycles. The summed E-state index contributed by atoms with van der Waals surface area (Å²) in [6.07, 6.45) is 0. The van der Waals surface area contributed by atoms with E-state index in [9.17, 15) is 14.9 Å². The zero-order valence-electron chi connectivity index (χ0n) is 13.9. The van der Waals surface area contributed by atoms with Gasteiger partial charge in [0, 0.05) is 11.1 Å². The van der Waals surface area contributed by atoms with Gasteiger partial charge in [-0.25, -0.2) is 0 Å². The summed E-state index contributed by atoms with van der Waals surface area (Å²) >= 11 is 5.82. The van der Waals surface area contributed by atoms with E-state index in [-0.39, 0.29) is 11.4 Å². The van der Waals surface area contributed by atoms with Crippen LogP contribution in [-0.4, -0.2) is 23.5 Å². The highest BCUT2D eigenvalue weighted by atomic mass is 35.5. The first kappa shape index (κ1) is 18.5. The Bertz CT molecular complexity index is 790. The van der Waals surface area contributed by atoms with Crippen molar-refractivity contribution in [3.8, 4) is 11.5 Å². The Kier molecular flexibility index (Phi) is 5.48. The smallest absolute Gasteiger partial charge is 0.273 e. The van der Waals surface area contributed by atoms with Crippen molar-refractivity contribution < 1.29 is 19.2 Å². The van der Waals surface area contributed by atoms with Gasteiger partial charge < -0.3 is 14.8 Å². The molecule has 0 bridgehead atoms. The van der Waals surface area contributed by atoms with Crippen molar-refractivity contribution >= 4 is 28.9 Å². The average Bonchev–Trinajstić information content (AvgIpc) is 2.56. The SMILES string of the molecule is COc1cc([N+](=O)[O-])ccc1NC(=O)C(C)(C)Oc1ccc(Cl)cc1. The number of nitrogens with one attached hydrogen (secondary N) is 1. The third kappa shape index (κ3) is 4.60. The highest BCUT2D eigenvalue weighted by molar-refractivity contribution is 6.30. The lowest BCUT2D eigenvalue weighted by molar-refractivity contribution is -0.384. The van der Waals surface area contributed by atoms with E-state index in [1.807, 2.05) is 0 Å². The molecule has 2 aromatic carbocycles. The van der Waals surface area contributed by atoms with Crippen LogP contribution in [0.1, 0.15) is 13.8 Å². The normalized spacial score (nSPS) is 10.9. The molecule has 0 unspecified atom stereocenters. The van der Waals surface area contributed by atoms with Gasteiger partial charge in [-0.3, -0.25) is 14.9 Å². The monoisotopic (exact) mass is 364 g/mol. The summed E-state index contributed by atoms with van der Waals surface area (Å²) in [6, 6.07) is 10.6. The average molecular weight is 365 g/mol. The van der Waals surface area contributed by atoms with Crippen LogP contribution in [0.2, 0.25) is 5.02 Å². The minimum absolute atomic E-state index is 0.133. The van der Waals surface area contributed by atoms with E-state index < -0.39 is 16.4 Å². The Morgan fingerprint density at radius 2 is 1.84 bits per heavy atom. The molecule has 2 aromatic rings. The largest absolute Gasteiger partial charge is 0.494 e. The lowest BCUT2D eigenvalue weighted by Gasteiger charge is -2.25. The van der Waals surface area contributed by atoms with E-state index >= 15 is 0 Å². The van der Waals surface area contributed by atoms with E-state index in [0.29, 0.717) is 16.5 Å². The second kappa shape index (κ2) is 7.40. The van der Waals surface area contributed by atoms with Crippen molar-refractivity contribution in [2.75, 3.05) is 12.4 Å². The molecule has 1 amide bonds. The highest BCUT2D eigenvalue weighted by Crippen LogP contribution is 2.30. The standard InChI is InChI=1S/C17H17ClN2O5/c1-17(2,25-13-7-4-11(18)5-8-13)16(21)19-14-9-6-12(20(22)23)10-15(14)24-3/h4-10H,1-3H3,(H,19,21). The molecule has 1 N–H and O–H groups in total. The second-order valence-corrected chi connectivity index (χ2v) is 6.10. The maximum atomic E-state index is 12.5. The zero-order valence-corrected chi connectivity index (χ0v) is 14.7. The zero-order chi connectivity index (χ0) is 18.6. The molecule has 0 spiro atoms. The molecule has 0 radical (unpaired) electrons. The number of nitrogens with zero attached hydrogens (tertiary/aromatic N) is 1. The van der Waals surface area contributed by atoms with Crippen LogP contribution in [0.5, 0.6) is 11.5 Å². The number of nitro benzene ring substituents is 1. The fraction of sp³-hybridized carbons (Fsp3) is 0.235. The quantitative estimate of drug-likeness (QED) is 0.616. The molecule has 132 valence electrons. The number of halogens is 1. The van der Waals surface area contributed by atoms with E-state index in [1.165, 1.54) is 25.3 Å². The van der Waals surface area contributed by atoms with Crippen LogP contribution in [0.15, 0.2) is 42.5 Å². The van der Waals surface area contributed by atoms with Gasteiger partial charge in [-0.05, 0) is 44.2 Å². The molecule has 0 aromatic heterocycles. The second-order valence-electron chi connectivity index (χ2n) is 5.66. The van der Waals surface area contributed by atoms with Crippen LogP contribution < -0.4 is 14.8 Å². The maximum Gasteiger partial charge on any atom is 0.273 e. The fourth-order valence-corrected chi connectivity index (χ4v) is 2.14. The Morgan fingerprint density at radius 1 is 1.20 bits per heavy atom. The van der Waals surface area contributed by atoms with Gasteiger partial charge in [0.05, 0.1) is 23.8 Å². The maximum absolute atomic E-state index is 12.5. The van der Waals surface area contributed by atoms with Crippen LogP contribution in [0.25, 0.3) is 0 Å². The van der Waals surface area contributed by atoms with Gasteiger partial charge in [0.25, 0.3) is 11.6 Å². The van der Waals surface area contributed by atoms with Crippen molar-refractivity contribution in [3.63, 3.8) is 0 Å². The fourth-order valence-electron chi connectivity index (χ4n) is 2.01. The first-order valence-corrected chi connectivity index (χ1v) is 7.69. The van der Waals surface area contributed by atoms with Crippen molar-refractivity contribution in [2.24, 2.45) is 0 Å². The summed E-state index contributed by atoms with van der Waals surface area (Å²) in [5.74, 6) is 0.236. The topological polar surface area (TPSA) is 90.7 Å². The third-order valence-corrected chi connectivity index (χ3v) is 3.63. The van der Waals surface area contributed by atoms with Crippen molar-refractivity contribution in [1.82, 2.24) is 0 Å². The van der Waals surface area contributed by atoms with E-state index in [0.717, 1.165) is 0 Å². The Balaban J connectivity index is 2.17. The number of nitro groups is 1. The van der Waals surface area contributed by atoms with Gasteiger partial charge >= 0.3 is 0 Å². The molecule has 25 heavy (non-hydrogen) atoms. The molecule has 2 rings (SSSR count). The van der Waals surface area contributed by atoms with Gasteiger partial charge in [-0.2, -0.15) is 0 Å². The summed E-state index contributed by atoms with van der Waals surface area (Å²) < 4.78 is 10.8. The van der Waals surface area contributed by atoms with E-state index in [2.05, 4.69) is 5.32 Å². The van der Waals surface area contributed by atoms with Crippen molar-refractivity contribution in [1.29, 1.82) is 0 Å². The molecular weight excluding hydrogens is 348 g/mol. The predicted molar refractivity (Wildman–Crippen MR) is 94.4 cm³/mol. The molecule has 0 aliphatic heterocycles. The molecular formula is C17H17ClN2O5. The number of ether oxygens (including phenoxy) is 2. The Labute approximate surface area is 149 Å². The predicted octanol–water partition coefficient (Wildman–Crippen LogP) is 4.05. The van der Waals surface area contributed by atoms with Gasteiger partial charge in [-0.1, -0.05) is 11.6 Å². The van der Waals surface area contributed by atoms with Gasteiger partial charge in [0.2, 0.25) is 0 Å². The number of carbonyl (C=O) groups is 1. The van der Waals surface area contributed by atoms with Crippen LogP contribution in [-0.2, 0) is 4.79 Å². The summed E-state index contributed by atoms with van der Waals surface area (Å²) in [6.45, 7) is 3.21. The summed E-state index contributed by atoms with van der Waals surface area (Å²) in [5, 5.41) is 14.0. The van der Waals surface area contributed by atoms with Gasteiger partial charge in [0.1, 0.15) is 11.5 Å². The molecule has 0 saturated carbocycles. The van der Waals surface area contributed by atoms with Crippen molar-refractivity contribution in [2.45, 2.75) is 19.4 Å².